The number of likely N-dealkylation sites (tertiary alicyclic amines) is 2. The molecule has 0 aromatic heterocycles. The molecular weight excluding hydrogens is 328 g/mol. The Kier molecular flexibility index (Phi) is 6.30. The lowest BCUT2D eigenvalue weighted by Gasteiger charge is -2.37. The number of carboxylic acid groups (broad SMARTS) is 1. The molecule has 142 valence electrons. The molecule has 0 spiro atoms. The van der Waals surface area contributed by atoms with Gasteiger partial charge in [0.2, 0.25) is 5.91 Å². The molecule has 1 aromatic carbocycles. The third-order valence-electron chi connectivity index (χ3n) is 5.81. The number of carbonyl (C=O) groups excluding carboxylic acids is 1. The second-order valence-corrected chi connectivity index (χ2v) is 7.72. The minimum atomic E-state index is -0.857. The van der Waals surface area contributed by atoms with E-state index in [2.05, 4.69) is 11.8 Å². The fourth-order valence-electron chi connectivity index (χ4n) is 4.38. The molecule has 2 saturated heterocycles. The van der Waals surface area contributed by atoms with Gasteiger partial charge in [0.15, 0.2) is 0 Å². The van der Waals surface area contributed by atoms with Gasteiger partial charge in [0.1, 0.15) is 0 Å². The van der Waals surface area contributed by atoms with Gasteiger partial charge in [-0.25, -0.2) is 4.79 Å². The molecular formula is C21H30N2O3. The first-order valence-electron chi connectivity index (χ1n) is 9.91. The smallest absolute Gasteiger partial charge is 0.335 e. The zero-order chi connectivity index (χ0) is 18.5. The van der Waals surface area contributed by atoms with Crippen molar-refractivity contribution in [2.45, 2.75) is 51.5 Å². The van der Waals surface area contributed by atoms with Crippen LogP contribution in [0.5, 0.6) is 0 Å². The first-order chi connectivity index (χ1) is 12.6. The SMILES string of the molecule is CCCC(=O)N1CCC(N2CC[C@@H](Cc3cccc(C(=O)O)c3)C2)CC1. The van der Waals surface area contributed by atoms with Crippen LogP contribution in [-0.2, 0) is 11.2 Å². The van der Waals surface area contributed by atoms with Gasteiger partial charge in [0.25, 0.3) is 0 Å². The minimum Gasteiger partial charge on any atom is -0.478 e. The van der Waals surface area contributed by atoms with E-state index in [4.69, 9.17) is 5.11 Å². The summed E-state index contributed by atoms with van der Waals surface area (Å²) < 4.78 is 0. The van der Waals surface area contributed by atoms with E-state index in [1.54, 1.807) is 6.07 Å². The summed E-state index contributed by atoms with van der Waals surface area (Å²) in [6, 6.07) is 7.93. The molecule has 5 nitrogen and oxygen atoms in total. The first-order valence-corrected chi connectivity index (χ1v) is 9.91. The van der Waals surface area contributed by atoms with Crippen molar-refractivity contribution >= 4 is 11.9 Å². The van der Waals surface area contributed by atoms with Crippen LogP contribution in [0.1, 0.15) is 54.9 Å². The summed E-state index contributed by atoms with van der Waals surface area (Å²) in [5, 5.41) is 9.14. The number of carbonyl (C=O) groups is 2. The summed E-state index contributed by atoms with van der Waals surface area (Å²) in [6.07, 6.45) is 5.88. The van der Waals surface area contributed by atoms with Gasteiger partial charge in [-0.3, -0.25) is 9.69 Å². The number of hydrogen-bond acceptors (Lipinski definition) is 3. The fourth-order valence-corrected chi connectivity index (χ4v) is 4.38. The van der Waals surface area contributed by atoms with Crippen LogP contribution in [0, 0.1) is 5.92 Å². The second kappa shape index (κ2) is 8.67. The van der Waals surface area contributed by atoms with E-state index < -0.39 is 5.97 Å². The molecule has 1 amide bonds. The van der Waals surface area contributed by atoms with Crippen LogP contribution in [-0.4, -0.2) is 59.0 Å². The largest absolute Gasteiger partial charge is 0.478 e. The highest BCUT2D eigenvalue weighted by Gasteiger charge is 2.31. The van der Waals surface area contributed by atoms with Crippen molar-refractivity contribution in [1.82, 2.24) is 9.80 Å². The third-order valence-corrected chi connectivity index (χ3v) is 5.81. The molecule has 3 rings (SSSR count). The van der Waals surface area contributed by atoms with E-state index in [9.17, 15) is 9.59 Å². The standard InChI is InChI=1S/C21H30N2O3/c1-2-4-20(24)22-11-8-19(9-12-22)23-10-7-17(15-23)13-16-5-3-6-18(14-16)21(25)26/h3,5-6,14,17,19H,2,4,7-13,15H2,1H3,(H,25,26)/t17-/m0/s1. The number of hydrogen-bond donors (Lipinski definition) is 1. The van der Waals surface area contributed by atoms with Crippen molar-refractivity contribution in [2.24, 2.45) is 5.92 Å². The second-order valence-electron chi connectivity index (χ2n) is 7.72. The normalized spacial score (nSPS) is 21.9. The average molecular weight is 358 g/mol. The number of amides is 1. The third kappa shape index (κ3) is 4.64. The Hall–Kier alpha value is -1.88. The van der Waals surface area contributed by atoms with E-state index in [0.717, 1.165) is 57.4 Å². The van der Waals surface area contributed by atoms with Crippen LogP contribution in [0.4, 0.5) is 0 Å². The van der Waals surface area contributed by atoms with Crippen LogP contribution in [0.15, 0.2) is 24.3 Å². The van der Waals surface area contributed by atoms with Gasteiger partial charge in [-0.1, -0.05) is 19.1 Å². The Morgan fingerprint density at radius 2 is 1.92 bits per heavy atom. The lowest BCUT2D eigenvalue weighted by Crippen LogP contribution is -2.46. The van der Waals surface area contributed by atoms with Crippen molar-refractivity contribution in [3.63, 3.8) is 0 Å². The predicted octanol–water partition coefficient (Wildman–Crippen LogP) is 3.04. The van der Waals surface area contributed by atoms with E-state index in [1.807, 2.05) is 23.1 Å². The van der Waals surface area contributed by atoms with Gasteiger partial charge in [0, 0.05) is 32.1 Å². The molecule has 0 unspecified atom stereocenters. The lowest BCUT2D eigenvalue weighted by molar-refractivity contribution is -0.132. The number of aromatic carboxylic acids is 1. The summed E-state index contributed by atoms with van der Waals surface area (Å²) in [5.74, 6) is 0.0478. The zero-order valence-corrected chi connectivity index (χ0v) is 15.7. The Morgan fingerprint density at radius 1 is 1.15 bits per heavy atom. The molecule has 0 aliphatic carbocycles. The molecule has 1 N–H and O–H groups in total. The molecule has 2 aliphatic heterocycles. The van der Waals surface area contributed by atoms with Crippen LogP contribution < -0.4 is 0 Å². The minimum absolute atomic E-state index is 0.309. The van der Waals surface area contributed by atoms with Gasteiger partial charge in [-0.15, -0.1) is 0 Å². The molecule has 2 fully saturated rings. The highest BCUT2D eigenvalue weighted by Crippen LogP contribution is 2.27. The highest BCUT2D eigenvalue weighted by atomic mass is 16.4. The van der Waals surface area contributed by atoms with Gasteiger partial charge in [-0.2, -0.15) is 0 Å². The van der Waals surface area contributed by atoms with Crippen molar-refractivity contribution < 1.29 is 14.7 Å². The maximum atomic E-state index is 12.0. The predicted molar refractivity (Wildman–Crippen MR) is 101 cm³/mol. The summed E-state index contributed by atoms with van der Waals surface area (Å²) in [7, 11) is 0. The van der Waals surface area contributed by atoms with E-state index in [-0.39, 0.29) is 0 Å². The van der Waals surface area contributed by atoms with Gasteiger partial charge < -0.3 is 10.0 Å². The maximum Gasteiger partial charge on any atom is 0.335 e. The Morgan fingerprint density at radius 3 is 2.62 bits per heavy atom. The van der Waals surface area contributed by atoms with Crippen LogP contribution in [0.3, 0.4) is 0 Å². The van der Waals surface area contributed by atoms with E-state index in [1.165, 1.54) is 6.42 Å². The van der Waals surface area contributed by atoms with Crippen molar-refractivity contribution in [1.29, 1.82) is 0 Å². The van der Waals surface area contributed by atoms with Crippen LogP contribution >= 0.6 is 0 Å². The van der Waals surface area contributed by atoms with E-state index >= 15 is 0 Å². The zero-order valence-electron chi connectivity index (χ0n) is 15.7. The topological polar surface area (TPSA) is 60.9 Å². The number of benzene rings is 1. The van der Waals surface area contributed by atoms with Crippen LogP contribution in [0.2, 0.25) is 0 Å². The molecule has 0 bridgehead atoms. The fraction of sp³-hybridized carbons (Fsp3) is 0.619. The molecule has 1 aromatic rings. The number of carboxylic acids is 1. The molecule has 2 aliphatic rings. The number of rotatable bonds is 6. The summed E-state index contributed by atoms with van der Waals surface area (Å²) in [5.41, 5.74) is 1.50. The lowest BCUT2D eigenvalue weighted by atomic mass is 9.97. The first kappa shape index (κ1) is 18.9. The Balaban J connectivity index is 1.48. The van der Waals surface area contributed by atoms with Crippen molar-refractivity contribution in [3.8, 4) is 0 Å². The van der Waals surface area contributed by atoms with Gasteiger partial charge in [0.05, 0.1) is 5.56 Å². The summed E-state index contributed by atoms with van der Waals surface area (Å²) in [6.45, 7) is 6.06. The molecule has 0 saturated carbocycles. The number of nitrogens with zero attached hydrogens (tertiary/aromatic N) is 2. The van der Waals surface area contributed by atoms with Gasteiger partial charge >= 0.3 is 5.97 Å². The Labute approximate surface area is 156 Å². The Bertz CT molecular complexity index is 638. The monoisotopic (exact) mass is 358 g/mol. The molecule has 1 atom stereocenters. The molecule has 0 radical (unpaired) electrons. The van der Waals surface area contributed by atoms with Crippen molar-refractivity contribution in [3.05, 3.63) is 35.4 Å². The summed E-state index contributed by atoms with van der Waals surface area (Å²) >= 11 is 0. The van der Waals surface area contributed by atoms with Gasteiger partial charge in [-0.05, 0) is 62.3 Å². The number of piperidine rings is 1. The quantitative estimate of drug-likeness (QED) is 0.849. The molecule has 26 heavy (non-hydrogen) atoms. The molecule has 5 heteroatoms. The summed E-state index contributed by atoms with van der Waals surface area (Å²) in [4.78, 5) is 27.8. The van der Waals surface area contributed by atoms with Crippen molar-refractivity contribution in [2.75, 3.05) is 26.2 Å². The maximum absolute atomic E-state index is 12.0. The average Bonchev–Trinajstić information content (AvgIpc) is 3.11. The van der Waals surface area contributed by atoms with Crippen LogP contribution in [0.25, 0.3) is 0 Å². The molecule has 2 heterocycles. The highest BCUT2D eigenvalue weighted by molar-refractivity contribution is 5.87. The van der Waals surface area contributed by atoms with E-state index in [0.29, 0.717) is 29.9 Å².